The number of benzene rings is 1. The molecule has 2 aliphatic rings. The van der Waals surface area contributed by atoms with Crippen molar-refractivity contribution in [2.45, 2.75) is 32.4 Å². The predicted octanol–water partition coefficient (Wildman–Crippen LogP) is 4.84. The Morgan fingerprint density at radius 2 is 1.94 bits per heavy atom. The van der Waals surface area contributed by atoms with Crippen LogP contribution >= 0.6 is 0 Å². The number of nitrogens with zero attached hydrogens (tertiary/aromatic N) is 2. The summed E-state index contributed by atoms with van der Waals surface area (Å²) in [5.41, 5.74) is 2.68. The summed E-state index contributed by atoms with van der Waals surface area (Å²) in [6.45, 7) is 7.51. The van der Waals surface area contributed by atoms with Crippen molar-refractivity contribution >= 4 is 28.8 Å². The van der Waals surface area contributed by atoms with Crippen LogP contribution in [0, 0.1) is 16.7 Å². The fourth-order valence-electron chi connectivity index (χ4n) is 5.13. The van der Waals surface area contributed by atoms with Crippen molar-refractivity contribution in [1.82, 2.24) is 10.3 Å². The maximum atomic E-state index is 12.7. The second kappa shape index (κ2) is 9.12. The van der Waals surface area contributed by atoms with Gasteiger partial charge in [-0.3, -0.25) is 4.79 Å². The number of aromatic nitrogens is 1. The highest BCUT2D eigenvalue weighted by atomic mass is 19.4. The molecule has 3 N–H and O–H groups in total. The van der Waals surface area contributed by atoms with Crippen LogP contribution in [0.4, 0.5) is 30.4 Å². The Hall–Kier alpha value is -3.36. The third-order valence-corrected chi connectivity index (χ3v) is 6.43. The number of anilines is 3. The molecular formula is C25H28F3N5O. The van der Waals surface area contributed by atoms with Gasteiger partial charge in [-0.25, -0.2) is 4.98 Å². The smallest absolute Gasteiger partial charge is 0.370 e. The van der Waals surface area contributed by atoms with Gasteiger partial charge in [-0.05, 0) is 48.6 Å². The average molecular weight is 472 g/mol. The topological polar surface area (TPSA) is 81.1 Å². The summed E-state index contributed by atoms with van der Waals surface area (Å²) < 4.78 is 38.0. The van der Waals surface area contributed by atoms with E-state index in [0.717, 1.165) is 30.8 Å². The summed E-state index contributed by atoms with van der Waals surface area (Å²) in [5, 5.41) is 14.5. The highest BCUT2D eigenvalue weighted by Gasteiger charge is 2.51. The molecule has 6 nitrogen and oxygen atoms in total. The van der Waals surface area contributed by atoms with Gasteiger partial charge in [0.05, 0.1) is 29.9 Å². The molecule has 0 unspecified atom stereocenters. The van der Waals surface area contributed by atoms with Gasteiger partial charge >= 0.3 is 6.18 Å². The third kappa shape index (κ3) is 5.24. The van der Waals surface area contributed by atoms with E-state index in [1.54, 1.807) is 18.3 Å². The molecule has 1 spiro atoms. The zero-order valence-corrected chi connectivity index (χ0v) is 19.0. The first-order valence-corrected chi connectivity index (χ1v) is 11.2. The summed E-state index contributed by atoms with van der Waals surface area (Å²) in [6, 6.07) is 7.84. The Morgan fingerprint density at radius 1 is 1.26 bits per heavy atom. The van der Waals surface area contributed by atoms with E-state index < -0.39 is 12.6 Å². The molecule has 9 heteroatoms. The molecular weight excluding hydrogens is 443 g/mol. The Morgan fingerprint density at radius 3 is 2.53 bits per heavy atom. The molecule has 2 fully saturated rings. The molecule has 2 heterocycles. The number of nitrogens with one attached hydrogen (secondary N) is 3. The average Bonchev–Trinajstić information content (AvgIpc) is 2.73. The molecule has 1 amide bonds. The van der Waals surface area contributed by atoms with Crippen LogP contribution in [0.5, 0.6) is 0 Å². The Balaban J connectivity index is 1.57. The molecule has 180 valence electrons. The fraction of sp³-hybridized carbons (Fsp3) is 0.400. The van der Waals surface area contributed by atoms with Gasteiger partial charge in [-0.15, -0.1) is 0 Å². The molecule has 0 radical (unpaired) electrons. The Kier molecular flexibility index (Phi) is 6.38. The normalized spacial score (nSPS) is 17.0. The second-order valence-electron chi connectivity index (χ2n) is 9.44. The fourth-order valence-corrected chi connectivity index (χ4v) is 5.13. The quantitative estimate of drug-likeness (QED) is 0.380. The minimum absolute atomic E-state index is 0.00123. The second-order valence-corrected chi connectivity index (χ2v) is 9.44. The van der Waals surface area contributed by atoms with E-state index in [0.29, 0.717) is 22.5 Å². The number of hydrogen-bond acceptors (Lipinski definition) is 5. The van der Waals surface area contributed by atoms with Gasteiger partial charge < -0.3 is 20.9 Å². The molecule has 4 rings (SSSR count). The van der Waals surface area contributed by atoms with E-state index in [9.17, 15) is 18.0 Å². The van der Waals surface area contributed by atoms with Gasteiger partial charge in [0.15, 0.2) is 0 Å². The number of carbonyl (C=O) groups is 1. The van der Waals surface area contributed by atoms with E-state index >= 15 is 0 Å². The van der Waals surface area contributed by atoms with Gasteiger partial charge in [0.1, 0.15) is 5.82 Å². The SMILES string of the molecule is C=CC(=O)NCC(=N)c1c(N2CC3(CC(C)C3)C2)ccnc1Nc1ccc(CC(F)(F)F)cc1. The van der Waals surface area contributed by atoms with E-state index in [1.165, 1.54) is 25.0 Å². The lowest BCUT2D eigenvalue weighted by atomic mass is 9.58. The zero-order chi connectivity index (χ0) is 24.5. The lowest BCUT2D eigenvalue weighted by molar-refractivity contribution is -0.127. The molecule has 0 atom stereocenters. The number of halogens is 3. The number of alkyl halides is 3. The monoisotopic (exact) mass is 471 g/mol. The first kappa shape index (κ1) is 23.8. The van der Waals surface area contributed by atoms with Crippen molar-refractivity contribution in [1.29, 1.82) is 5.41 Å². The maximum Gasteiger partial charge on any atom is 0.393 e. The third-order valence-electron chi connectivity index (χ3n) is 6.43. The summed E-state index contributed by atoms with van der Waals surface area (Å²) in [7, 11) is 0. The number of amides is 1. The minimum atomic E-state index is -4.27. The van der Waals surface area contributed by atoms with Crippen molar-refractivity contribution in [3.63, 3.8) is 0 Å². The Bertz CT molecular complexity index is 1080. The van der Waals surface area contributed by atoms with Crippen LogP contribution in [-0.4, -0.2) is 42.4 Å². The van der Waals surface area contributed by atoms with Crippen LogP contribution in [0.1, 0.15) is 30.9 Å². The number of hydrogen-bond donors (Lipinski definition) is 3. The van der Waals surface area contributed by atoms with Crippen LogP contribution in [0.25, 0.3) is 0 Å². The summed E-state index contributed by atoms with van der Waals surface area (Å²) in [5.74, 6) is 0.780. The summed E-state index contributed by atoms with van der Waals surface area (Å²) >= 11 is 0. The minimum Gasteiger partial charge on any atom is -0.370 e. The van der Waals surface area contributed by atoms with E-state index in [2.05, 4.69) is 34.0 Å². The zero-order valence-electron chi connectivity index (χ0n) is 19.0. The summed E-state index contributed by atoms with van der Waals surface area (Å²) in [6.07, 6.45) is -0.0531. The van der Waals surface area contributed by atoms with Gasteiger partial charge in [0.25, 0.3) is 0 Å². The molecule has 34 heavy (non-hydrogen) atoms. The predicted molar refractivity (Wildman–Crippen MR) is 127 cm³/mol. The van der Waals surface area contributed by atoms with Crippen LogP contribution in [0.3, 0.4) is 0 Å². The summed E-state index contributed by atoms with van der Waals surface area (Å²) in [4.78, 5) is 18.3. The van der Waals surface area contributed by atoms with Crippen molar-refractivity contribution in [2.75, 3.05) is 29.9 Å². The molecule has 1 aromatic carbocycles. The number of rotatable bonds is 8. The first-order chi connectivity index (χ1) is 16.1. The van der Waals surface area contributed by atoms with Crippen LogP contribution in [0.2, 0.25) is 0 Å². The standard InChI is InChI=1S/C25H28F3N5O/c1-3-21(34)31-13-19(29)22-20(33-14-24(15-33)10-16(2)11-24)8-9-30-23(22)32-18-6-4-17(5-7-18)12-25(26,27)28/h3-9,16,29H,1,10-15H2,2H3,(H,30,32)(H,31,34). The van der Waals surface area contributed by atoms with Crippen molar-refractivity contribution in [3.8, 4) is 0 Å². The lowest BCUT2D eigenvalue weighted by Crippen LogP contribution is -2.62. The number of pyridine rings is 1. The van der Waals surface area contributed by atoms with Gasteiger partial charge in [0.2, 0.25) is 5.91 Å². The molecule has 1 aliphatic carbocycles. The van der Waals surface area contributed by atoms with E-state index in [4.69, 9.17) is 5.41 Å². The van der Waals surface area contributed by atoms with Gasteiger partial charge in [-0.1, -0.05) is 25.6 Å². The number of carbonyl (C=O) groups excluding carboxylic acids is 1. The molecule has 1 aliphatic heterocycles. The molecule has 1 aromatic heterocycles. The van der Waals surface area contributed by atoms with E-state index in [1.807, 2.05) is 6.07 Å². The maximum absolute atomic E-state index is 12.7. The molecule has 1 saturated heterocycles. The molecule has 2 aromatic rings. The van der Waals surface area contributed by atoms with Crippen LogP contribution < -0.4 is 15.5 Å². The first-order valence-electron chi connectivity index (χ1n) is 11.2. The van der Waals surface area contributed by atoms with Crippen molar-refractivity contribution < 1.29 is 18.0 Å². The van der Waals surface area contributed by atoms with Crippen molar-refractivity contribution in [2.24, 2.45) is 11.3 Å². The van der Waals surface area contributed by atoms with Gasteiger partial charge in [-0.2, -0.15) is 13.2 Å². The highest BCUT2D eigenvalue weighted by Crippen LogP contribution is 2.53. The highest BCUT2D eigenvalue weighted by molar-refractivity contribution is 6.10. The molecule has 1 saturated carbocycles. The van der Waals surface area contributed by atoms with E-state index in [-0.39, 0.29) is 23.7 Å². The largest absolute Gasteiger partial charge is 0.393 e. The van der Waals surface area contributed by atoms with Gasteiger partial charge in [0, 0.05) is 30.4 Å². The van der Waals surface area contributed by atoms with Crippen molar-refractivity contribution in [3.05, 3.63) is 60.3 Å². The van der Waals surface area contributed by atoms with Crippen LogP contribution in [0.15, 0.2) is 49.2 Å². The van der Waals surface area contributed by atoms with Crippen LogP contribution in [-0.2, 0) is 11.2 Å². The Labute approximate surface area is 196 Å². The molecule has 0 bridgehead atoms. The lowest BCUT2D eigenvalue weighted by Gasteiger charge is -2.59.